The van der Waals surface area contributed by atoms with Crippen LogP contribution in [-0.4, -0.2) is 21.3 Å². The van der Waals surface area contributed by atoms with E-state index in [9.17, 15) is 19.4 Å². The topological polar surface area (TPSA) is 87.0 Å². The van der Waals surface area contributed by atoms with E-state index in [0.29, 0.717) is 27.5 Å². The number of carboxylic acid groups (broad SMARTS) is 1. The number of benzene rings is 3. The van der Waals surface area contributed by atoms with Crippen LogP contribution in [0.5, 0.6) is 23.0 Å². The lowest BCUT2D eigenvalue weighted by molar-refractivity contribution is -0.131. The Kier molecular flexibility index (Phi) is 5.12. The van der Waals surface area contributed by atoms with Crippen LogP contribution in [0.3, 0.4) is 0 Å². The van der Waals surface area contributed by atoms with Crippen molar-refractivity contribution in [1.29, 1.82) is 0 Å². The molecule has 0 fully saturated rings. The van der Waals surface area contributed by atoms with Gasteiger partial charge in [0.2, 0.25) is 0 Å². The quantitative estimate of drug-likeness (QED) is 0.343. The molecule has 7 heteroatoms. The fourth-order valence-corrected chi connectivity index (χ4v) is 4.09. The number of phenols is 2. The van der Waals surface area contributed by atoms with E-state index in [-0.39, 0.29) is 5.75 Å². The van der Waals surface area contributed by atoms with Gasteiger partial charge in [0.25, 0.3) is 0 Å². The van der Waals surface area contributed by atoms with Crippen LogP contribution in [0.25, 0.3) is 26.6 Å². The Morgan fingerprint density at radius 1 is 1.00 bits per heavy atom. The fraction of sp³-hybridized carbons (Fsp3) is 0. The van der Waals surface area contributed by atoms with Gasteiger partial charge in [-0.15, -0.1) is 11.3 Å². The first-order valence-electron chi connectivity index (χ1n) is 8.84. The summed E-state index contributed by atoms with van der Waals surface area (Å²) in [6.07, 6.45) is 2.52. The van der Waals surface area contributed by atoms with Crippen LogP contribution in [0.1, 0.15) is 5.56 Å². The predicted molar refractivity (Wildman–Crippen MR) is 114 cm³/mol. The molecule has 0 amide bonds. The van der Waals surface area contributed by atoms with E-state index in [2.05, 4.69) is 0 Å². The smallest absolute Gasteiger partial charge is 0.328 e. The molecule has 5 nitrogen and oxygen atoms in total. The van der Waals surface area contributed by atoms with E-state index in [0.717, 1.165) is 16.2 Å². The molecule has 3 aromatic carbocycles. The number of fused-ring (bicyclic) bond motifs is 1. The predicted octanol–water partition coefficient (Wildman–Crippen LogP) is 6.01. The fourth-order valence-electron chi connectivity index (χ4n) is 2.93. The molecule has 0 saturated heterocycles. The molecule has 0 atom stereocenters. The molecule has 1 aromatic heterocycles. The van der Waals surface area contributed by atoms with E-state index < -0.39 is 17.5 Å². The third-order valence-electron chi connectivity index (χ3n) is 4.36. The Morgan fingerprint density at radius 2 is 1.77 bits per heavy atom. The summed E-state index contributed by atoms with van der Waals surface area (Å²) in [5, 5.41) is 28.8. The second-order valence-electron chi connectivity index (χ2n) is 6.45. The maximum Gasteiger partial charge on any atom is 0.328 e. The zero-order chi connectivity index (χ0) is 21.3. The lowest BCUT2D eigenvalue weighted by atomic mass is 10.1. The largest absolute Gasteiger partial charge is 0.508 e. The summed E-state index contributed by atoms with van der Waals surface area (Å²) in [7, 11) is 0. The van der Waals surface area contributed by atoms with Gasteiger partial charge < -0.3 is 20.1 Å². The number of aromatic hydroxyl groups is 2. The Hall–Kier alpha value is -3.84. The molecule has 1 heterocycles. The van der Waals surface area contributed by atoms with Crippen molar-refractivity contribution in [1.82, 2.24) is 0 Å². The van der Waals surface area contributed by atoms with Crippen molar-refractivity contribution in [2.24, 2.45) is 0 Å². The highest BCUT2D eigenvalue weighted by molar-refractivity contribution is 7.22. The van der Waals surface area contributed by atoms with Gasteiger partial charge in [-0.25, -0.2) is 9.18 Å². The molecule has 0 aliphatic heterocycles. The Bertz CT molecular complexity index is 1270. The number of thiophene rings is 1. The second-order valence-corrected chi connectivity index (χ2v) is 7.50. The summed E-state index contributed by atoms with van der Waals surface area (Å²) in [6.45, 7) is 0. The van der Waals surface area contributed by atoms with Crippen molar-refractivity contribution in [3.63, 3.8) is 0 Å². The summed E-state index contributed by atoms with van der Waals surface area (Å²) >= 11 is 1.33. The number of ether oxygens (including phenoxy) is 1. The number of carboxylic acids is 1. The van der Waals surface area contributed by atoms with Gasteiger partial charge in [-0.3, -0.25) is 0 Å². The van der Waals surface area contributed by atoms with Crippen LogP contribution in [0.4, 0.5) is 4.39 Å². The minimum atomic E-state index is -1.03. The summed E-state index contributed by atoms with van der Waals surface area (Å²) in [4.78, 5) is 11.3. The van der Waals surface area contributed by atoms with Gasteiger partial charge in [-0.05, 0) is 65.7 Å². The Balaban J connectivity index is 1.77. The van der Waals surface area contributed by atoms with Gasteiger partial charge in [0, 0.05) is 16.2 Å². The van der Waals surface area contributed by atoms with Gasteiger partial charge >= 0.3 is 5.97 Å². The van der Waals surface area contributed by atoms with E-state index in [1.807, 2.05) is 0 Å². The third-order valence-corrected chi connectivity index (χ3v) is 5.54. The minimum absolute atomic E-state index is 0.105. The minimum Gasteiger partial charge on any atom is -0.508 e. The first kappa shape index (κ1) is 19.5. The molecule has 150 valence electrons. The van der Waals surface area contributed by atoms with Crippen molar-refractivity contribution in [3.8, 4) is 33.4 Å². The number of rotatable bonds is 5. The van der Waals surface area contributed by atoms with E-state index in [1.54, 1.807) is 48.5 Å². The molecule has 30 heavy (non-hydrogen) atoms. The summed E-state index contributed by atoms with van der Waals surface area (Å²) in [5.41, 5.74) is 1.23. The molecule has 0 saturated carbocycles. The van der Waals surface area contributed by atoms with Gasteiger partial charge in [-0.1, -0.05) is 12.1 Å². The van der Waals surface area contributed by atoms with E-state index >= 15 is 0 Å². The van der Waals surface area contributed by atoms with Gasteiger partial charge in [-0.2, -0.15) is 0 Å². The number of hydrogen-bond donors (Lipinski definition) is 3. The lowest BCUT2D eigenvalue weighted by Gasteiger charge is -2.09. The number of carbonyl (C=O) groups is 1. The summed E-state index contributed by atoms with van der Waals surface area (Å²) in [6, 6.07) is 15.8. The molecule has 3 N–H and O–H groups in total. The monoisotopic (exact) mass is 422 g/mol. The van der Waals surface area contributed by atoms with Crippen molar-refractivity contribution in [2.45, 2.75) is 0 Å². The zero-order valence-corrected chi connectivity index (χ0v) is 16.2. The Morgan fingerprint density at radius 3 is 2.47 bits per heavy atom. The Labute approximate surface area is 174 Å². The first-order chi connectivity index (χ1) is 14.4. The molecule has 4 rings (SSSR count). The van der Waals surface area contributed by atoms with Gasteiger partial charge in [0.05, 0.1) is 4.88 Å². The van der Waals surface area contributed by atoms with E-state index in [1.165, 1.54) is 29.5 Å². The number of phenolic OH excluding ortho intramolecular Hbond substituents is 2. The molecular weight excluding hydrogens is 407 g/mol. The van der Waals surface area contributed by atoms with Gasteiger partial charge in [0.15, 0.2) is 17.3 Å². The maximum atomic E-state index is 13.9. The molecule has 0 unspecified atom stereocenters. The van der Waals surface area contributed by atoms with Crippen molar-refractivity contribution in [2.75, 3.05) is 0 Å². The molecule has 4 aromatic rings. The standard InChI is InChI=1S/C23H15FO5S/c24-18-11-14(4-9-19(18)26)23-22(17-8-5-15(25)12-20(17)30-23)29-16-6-1-13(2-7-16)3-10-21(27)28/h1-12,25-26H,(H,27,28). The zero-order valence-electron chi connectivity index (χ0n) is 15.4. The van der Waals surface area contributed by atoms with Crippen molar-refractivity contribution < 1.29 is 29.2 Å². The highest BCUT2D eigenvalue weighted by Crippen LogP contribution is 2.47. The maximum absolute atomic E-state index is 13.9. The lowest BCUT2D eigenvalue weighted by Crippen LogP contribution is -1.87. The summed E-state index contributed by atoms with van der Waals surface area (Å²) in [5.74, 6) is -1.11. The van der Waals surface area contributed by atoms with E-state index in [4.69, 9.17) is 9.84 Å². The molecule has 0 aliphatic rings. The van der Waals surface area contributed by atoms with Gasteiger partial charge in [0.1, 0.15) is 11.5 Å². The average molecular weight is 422 g/mol. The highest BCUT2D eigenvalue weighted by Gasteiger charge is 2.18. The van der Waals surface area contributed by atoms with Crippen LogP contribution in [0.2, 0.25) is 0 Å². The normalized spacial score (nSPS) is 11.2. The molecule has 0 radical (unpaired) electrons. The van der Waals surface area contributed by atoms with Crippen LogP contribution in [0, 0.1) is 5.82 Å². The third kappa shape index (κ3) is 3.97. The molecule has 0 aliphatic carbocycles. The van der Waals surface area contributed by atoms with Crippen LogP contribution in [-0.2, 0) is 4.79 Å². The number of aliphatic carboxylic acids is 1. The molecule has 0 bridgehead atoms. The van der Waals surface area contributed by atoms with Crippen LogP contribution in [0.15, 0.2) is 66.7 Å². The highest BCUT2D eigenvalue weighted by atomic mass is 32.1. The molecular formula is C23H15FO5S. The average Bonchev–Trinajstić information content (AvgIpc) is 3.07. The van der Waals surface area contributed by atoms with Crippen molar-refractivity contribution in [3.05, 3.63) is 78.1 Å². The first-order valence-corrected chi connectivity index (χ1v) is 9.66. The summed E-state index contributed by atoms with van der Waals surface area (Å²) < 4.78 is 20.8. The second kappa shape index (κ2) is 7.88. The molecule has 0 spiro atoms. The van der Waals surface area contributed by atoms with Crippen LogP contribution >= 0.6 is 11.3 Å². The van der Waals surface area contributed by atoms with Crippen molar-refractivity contribution >= 4 is 33.5 Å². The number of hydrogen-bond acceptors (Lipinski definition) is 5. The number of halogens is 1. The van der Waals surface area contributed by atoms with Crippen LogP contribution < -0.4 is 4.74 Å². The SMILES string of the molecule is O=C(O)C=Cc1ccc(Oc2c(-c3ccc(O)c(F)c3)sc3cc(O)ccc23)cc1.